The minimum Gasteiger partial charge on any atom is -0.322 e. The normalized spacial score (nSPS) is 11.2. The average Bonchev–Trinajstić information content (AvgIpc) is 2.20. The molecule has 1 aromatic rings. The number of carbonyl (C=O) groups excluding carboxylic acids is 1. The Morgan fingerprint density at radius 2 is 1.93 bits per heavy atom. The number of halogens is 2. The third kappa shape index (κ3) is 3.27. The first-order chi connectivity index (χ1) is 6.63. The maximum absolute atomic E-state index is 11.4. The van der Waals surface area contributed by atoms with E-state index in [2.05, 4.69) is 37.2 Å². The topological polar surface area (TPSA) is 29.1 Å². The fourth-order valence-corrected chi connectivity index (χ4v) is 1.22. The summed E-state index contributed by atoms with van der Waals surface area (Å²) in [7, 11) is 0. The van der Waals surface area contributed by atoms with Crippen LogP contribution in [0.25, 0.3) is 0 Å². The van der Waals surface area contributed by atoms with Crippen LogP contribution in [0.3, 0.4) is 0 Å². The Hall–Kier alpha value is -0.610. The highest BCUT2D eigenvalue weighted by Gasteiger charge is 2.04. The molecule has 0 aliphatic carbocycles. The quantitative estimate of drug-likeness (QED) is 0.828. The molecule has 0 spiro atoms. The van der Waals surface area contributed by atoms with E-state index >= 15 is 0 Å². The van der Waals surface area contributed by atoms with E-state index in [0.717, 1.165) is 10.2 Å². The van der Waals surface area contributed by atoms with Crippen molar-refractivity contribution < 1.29 is 4.79 Å². The fourth-order valence-electron chi connectivity index (χ4n) is 0.855. The van der Waals surface area contributed by atoms with Crippen molar-refractivity contribution in [3.05, 3.63) is 39.3 Å². The summed E-state index contributed by atoms with van der Waals surface area (Å²) in [6, 6.07) is 7.41. The molecule has 0 heterocycles. The second kappa shape index (κ2) is 5.32. The number of hydrogen-bond donors (Lipinski definition) is 1. The lowest BCUT2D eigenvalue weighted by atomic mass is 10.3. The van der Waals surface area contributed by atoms with Gasteiger partial charge in [-0.15, -0.1) is 0 Å². The Kier molecular flexibility index (Phi) is 4.35. The van der Waals surface area contributed by atoms with Crippen LogP contribution in [0.2, 0.25) is 0 Å². The summed E-state index contributed by atoms with van der Waals surface area (Å²) in [5.41, 5.74) is 0.775. The molecule has 1 rings (SSSR count). The van der Waals surface area contributed by atoms with Crippen LogP contribution < -0.4 is 5.32 Å². The number of hydrogen-bond acceptors (Lipinski definition) is 1. The van der Waals surface area contributed by atoms with Crippen LogP contribution in [0.15, 0.2) is 39.3 Å². The summed E-state index contributed by atoms with van der Waals surface area (Å²) >= 11 is 6.47. The zero-order valence-electron chi connectivity index (χ0n) is 7.55. The number of nitrogens with one attached hydrogen (secondary N) is 1. The second-order valence-electron chi connectivity index (χ2n) is 2.60. The molecule has 0 atom stereocenters. The summed E-state index contributed by atoms with van der Waals surface area (Å²) in [5, 5.41) is 2.74. The molecule has 2 nitrogen and oxygen atoms in total. The molecule has 1 aromatic carbocycles. The van der Waals surface area contributed by atoms with Crippen LogP contribution in [0.5, 0.6) is 0 Å². The molecule has 0 unspecified atom stereocenters. The Balaban J connectivity index is 2.70. The standard InChI is InChI=1S/C10H9Br2NO/c1-2-9(12)10(14)13-8-5-3-7(11)4-6-8/h2-6H,1H3,(H,13,14)/b9-2+. The zero-order valence-corrected chi connectivity index (χ0v) is 10.7. The van der Waals surface area contributed by atoms with Gasteiger partial charge in [-0.2, -0.15) is 0 Å². The predicted molar refractivity (Wildman–Crippen MR) is 65.5 cm³/mol. The smallest absolute Gasteiger partial charge is 0.262 e. The van der Waals surface area contributed by atoms with Crippen molar-refractivity contribution in [2.24, 2.45) is 0 Å². The van der Waals surface area contributed by atoms with Gasteiger partial charge in [-0.25, -0.2) is 0 Å². The molecule has 0 saturated heterocycles. The minimum atomic E-state index is -0.144. The van der Waals surface area contributed by atoms with E-state index in [1.165, 1.54) is 0 Å². The monoisotopic (exact) mass is 317 g/mol. The van der Waals surface area contributed by atoms with Gasteiger partial charge in [-0.3, -0.25) is 4.79 Å². The van der Waals surface area contributed by atoms with Gasteiger partial charge in [0.2, 0.25) is 0 Å². The SMILES string of the molecule is C/C=C(/Br)C(=O)Nc1ccc(Br)cc1. The highest BCUT2D eigenvalue weighted by atomic mass is 79.9. The van der Waals surface area contributed by atoms with E-state index in [1.807, 2.05) is 24.3 Å². The molecule has 14 heavy (non-hydrogen) atoms. The Morgan fingerprint density at radius 1 is 1.36 bits per heavy atom. The summed E-state index contributed by atoms with van der Waals surface area (Å²) in [4.78, 5) is 11.4. The van der Waals surface area contributed by atoms with Gasteiger partial charge in [0.15, 0.2) is 0 Å². The minimum absolute atomic E-state index is 0.144. The Bertz CT molecular complexity index is 357. The van der Waals surface area contributed by atoms with Crippen LogP contribution in [0, 0.1) is 0 Å². The van der Waals surface area contributed by atoms with Crippen molar-refractivity contribution in [3.63, 3.8) is 0 Å². The molecule has 4 heteroatoms. The van der Waals surface area contributed by atoms with Crippen molar-refractivity contribution >= 4 is 43.5 Å². The number of allylic oxidation sites excluding steroid dienone is 1. The number of anilines is 1. The predicted octanol–water partition coefficient (Wildman–Crippen LogP) is 3.69. The lowest BCUT2D eigenvalue weighted by molar-refractivity contribution is -0.112. The fraction of sp³-hybridized carbons (Fsp3) is 0.100. The molecular formula is C10H9Br2NO. The highest BCUT2D eigenvalue weighted by Crippen LogP contribution is 2.15. The Morgan fingerprint density at radius 3 is 2.43 bits per heavy atom. The summed E-state index contributed by atoms with van der Waals surface area (Å²) < 4.78 is 1.51. The maximum atomic E-state index is 11.4. The molecule has 1 N–H and O–H groups in total. The average molecular weight is 319 g/mol. The maximum Gasteiger partial charge on any atom is 0.262 e. The lowest BCUT2D eigenvalue weighted by Gasteiger charge is -2.03. The molecule has 0 bridgehead atoms. The molecule has 0 aromatic heterocycles. The number of amides is 1. The van der Waals surface area contributed by atoms with Crippen LogP contribution in [-0.2, 0) is 4.79 Å². The van der Waals surface area contributed by atoms with Crippen molar-refractivity contribution in [2.45, 2.75) is 6.92 Å². The van der Waals surface area contributed by atoms with Gasteiger partial charge in [0.05, 0.1) is 4.48 Å². The molecule has 0 saturated carbocycles. The van der Waals surface area contributed by atoms with Gasteiger partial charge in [-0.1, -0.05) is 22.0 Å². The van der Waals surface area contributed by atoms with Gasteiger partial charge < -0.3 is 5.32 Å². The van der Waals surface area contributed by atoms with Gasteiger partial charge in [0, 0.05) is 10.2 Å². The van der Waals surface area contributed by atoms with E-state index in [-0.39, 0.29) is 5.91 Å². The first-order valence-electron chi connectivity index (χ1n) is 4.02. The molecule has 1 amide bonds. The van der Waals surface area contributed by atoms with Gasteiger partial charge in [-0.05, 0) is 47.1 Å². The van der Waals surface area contributed by atoms with Crippen LogP contribution in [0.4, 0.5) is 5.69 Å². The molecule has 74 valence electrons. The largest absolute Gasteiger partial charge is 0.322 e. The third-order valence-corrected chi connectivity index (χ3v) is 2.92. The second-order valence-corrected chi connectivity index (χ2v) is 4.37. The third-order valence-electron chi connectivity index (χ3n) is 1.57. The zero-order chi connectivity index (χ0) is 10.6. The number of carbonyl (C=O) groups is 1. The highest BCUT2D eigenvalue weighted by molar-refractivity contribution is 9.12. The van der Waals surface area contributed by atoms with Gasteiger partial charge in [0.1, 0.15) is 0 Å². The molecule has 0 aliphatic heterocycles. The van der Waals surface area contributed by atoms with Crippen LogP contribution in [-0.4, -0.2) is 5.91 Å². The summed E-state index contributed by atoms with van der Waals surface area (Å²) in [6.07, 6.45) is 1.70. The summed E-state index contributed by atoms with van der Waals surface area (Å²) in [5.74, 6) is -0.144. The Labute approximate surface area is 99.6 Å². The first kappa shape index (κ1) is 11.5. The van der Waals surface area contributed by atoms with Gasteiger partial charge >= 0.3 is 0 Å². The van der Waals surface area contributed by atoms with E-state index in [0.29, 0.717) is 4.48 Å². The van der Waals surface area contributed by atoms with Crippen molar-refractivity contribution in [2.75, 3.05) is 5.32 Å². The van der Waals surface area contributed by atoms with E-state index < -0.39 is 0 Å². The van der Waals surface area contributed by atoms with Gasteiger partial charge in [0.25, 0.3) is 5.91 Å². The molecule has 0 radical (unpaired) electrons. The van der Waals surface area contributed by atoms with Crippen molar-refractivity contribution in [1.29, 1.82) is 0 Å². The van der Waals surface area contributed by atoms with Crippen molar-refractivity contribution in [1.82, 2.24) is 0 Å². The lowest BCUT2D eigenvalue weighted by Crippen LogP contribution is -2.10. The first-order valence-corrected chi connectivity index (χ1v) is 5.61. The van der Waals surface area contributed by atoms with Crippen LogP contribution in [0.1, 0.15) is 6.92 Å². The van der Waals surface area contributed by atoms with Crippen LogP contribution >= 0.6 is 31.9 Å². The number of rotatable bonds is 2. The molecule has 0 aliphatic rings. The van der Waals surface area contributed by atoms with Crippen molar-refractivity contribution in [3.8, 4) is 0 Å². The van der Waals surface area contributed by atoms with E-state index in [4.69, 9.17) is 0 Å². The molecule has 0 fully saturated rings. The van der Waals surface area contributed by atoms with E-state index in [9.17, 15) is 4.79 Å². The molecular weight excluding hydrogens is 310 g/mol. The van der Waals surface area contributed by atoms with E-state index in [1.54, 1.807) is 13.0 Å². The summed E-state index contributed by atoms with van der Waals surface area (Å²) in [6.45, 7) is 1.80. The number of benzene rings is 1.